The molecule has 130 valence electrons. The van der Waals surface area contributed by atoms with E-state index in [-0.39, 0.29) is 20.6 Å². The Morgan fingerprint density at radius 2 is 2.08 bits per heavy atom. The maximum Gasteiger partial charge on any atom is 0.345 e. The third kappa shape index (κ3) is 2.74. The Hall–Kier alpha value is -2.86. The fraction of sp³-hybridized carbons (Fsp3) is 0.154. The number of aromatic nitrogens is 1. The van der Waals surface area contributed by atoms with E-state index in [4.69, 9.17) is 0 Å². The number of nitrogens with zero attached hydrogens (tertiary/aromatic N) is 3. The minimum Gasteiger partial charge on any atom is -0.300 e. The van der Waals surface area contributed by atoms with Crippen molar-refractivity contribution in [2.24, 2.45) is 0 Å². The Morgan fingerprint density at radius 3 is 2.68 bits per heavy atom. The lowest BCUT2D eigenvalue weighted by Crippen LogP contribution is -2.45. The summed E-state index contributed by atoms with van der Waals surface area (Å²) in [6, 6.07) is 4.30. The van der Waals surface area contributed by atoms with E-state index < -0.39 is 32.8 Å². The van der Waals surface area contributed by atoms with Gasteiger partial charge in [0.15, 0.2) is 5.13 Å². The number of hydrogen-bond acceptors (Lipinski definition) is 8. The Labute approximate surface area is 145 Å². The van der Waals surface area contributed by atoms with Crippen molar-refractivity contribution in [3.8, 4) is 0 Å². The molecule has 0 saturated carbocycles. The van der Waals surface area contributed by atoms with Crippen LogP contribution in [0.15, 0.2) is 35.4 Å². The predicted octanol–water partition coefficient (Wildman–Crippen LogP) is 1.22. The average molecular weight is 382 g/mol. The number of fused-ring (bicyclic) bond motifs is 1. The highest BCUT2D eigenvalue weighted by Gasteiger charge is 2.45. The molecule has 10 nitrogen and oxygen atoms in total. The van der Waals surface area contributed by atoms with Crippen molar-refractivity contribution in [1.29, 1.82) is 0 Å². The first-order chi connectivity index (χ1) is 11.7. The van der Waals surface area contributed by atoms with Gasteiger partial charge in [0.1, 0.15) is 17.1 Å². The predicted molar refractivity (Wildman–Crippen MR) is 86.7 cm³/mol. The molecular weight excluding hydrogens is 372 g/mol. The molecule has 0 aliphatic carbocycles. The first kappa shape index (κ1) is 17.0. The van der Waals surface area contributed by atoms with Crippen molar-refractivity contribution in [1.82, 2.24) is 9.29 Å². The van der Waals surface area contributed by atoms with Crippen LogP contribution in [-0.2, 0) is 14.8 Å². The summed E-state index contributed by atoms with van der Waals surface area (Å²) in [6.45, 7) is 1.25. The largest absolute Gasteiger partial charge is 0.345 e. The summed E-state index contributed by atoms with van der Waals surface area (Å²) in [5.74, 6) is -1.63. The second-order valence-corrected chi connectivity index (χ2v) is 7.82. The van der Waals surface area contributed by atoms with Gasteiger partial charge in [-0.15, -0.1) is 0 Å². The molecular formula is C13H10N4O6S2. The van der Waals surface area contributed by atoms with Crippen LogP contribution in [0.3, 0.4) is 0 Å². The van der Waals surface area contributed by atoms with Crippen molar-refractivity contribution in [3.05, 3.63) is 46.1 Å². The molecule has 1 N–H and O–H groups in total. The summed E-state index contributed by atoms with van der Waals surface area (Å²) in [5.41, 5.74) is -0.00737. The lowest BCUT2D eigenvalue weighted by Gasteiger charge is -2.21. The molecule has 25 heavy (non-hydrogen) atoms. The number of hydrogen-bond donors (Lipinski definition) is 1. The van der Waals surface area contributed by atoms with Crippen LogP contribution >= 0.6 is 11.3 Å². The topological polar surface area (TPSA) is 140 Å². The molecule has 0 radical (unpaired) electrons. The van der Waals surface area contributed by atoms with Crippen LogP contribution in [0.25, 0.3) is 0 Å². The van der Waals surface area contributed by atoms with Crippen molar-refractivity contribution in [2.45, 2.75) is 17.9 Å². The number of nitro groups is 1. The highest BCUT2D eigenvalue weighted by Crippen LogP contribution is 2.32. The van der Waals surface area contributed by atoms with E-state index in [0.29, 0.717) is 15.6 Å². The van der Waals surface area contributed by atoms with Gasteiger partial charge in [0.05, 0.1) is 10.5 Å². The number of rotatable bonds is 4. The normalized spacial score (nSPS) is 16.4. The molecule has 3 rings (SSSR count). The van der Waals surface area contributed by atoms with Gasteiger partial charge in [-0.3, -0.25) is 25.0 Å². The van der Waals surface area contributed by atoms with Crippen molar-refractivity contribution >= 4 is 43.3 Å². The number of sulfonamides is 1. The molecule has 0 unspecified atom stereocenters. The average Bonchev–Trinajstić information content (AvgIpc) is 3.10. The number of carbonyl (C=O) groups excluding carboxylic acids is 2. The van der Waals surface area contributed by atoms with Gasteiger partial charge >= 0.3 is 5.00 Å². The molecule has 1 aliphatic heterocycles. The van der Waals surface area contributed by atoms with Gasteiger partial charge in [-0.05, 0) is 30.4 Å². The van der Waals surface area contributed by atoms with Crippen LogP contribution in [-0.4, -0.2) is 40.5 Å². The zero-order chi connectivity index (χ0) is 18.4. The Morgan fingerprint density at radius 1 is 1.40 bits per heavy atom. The molecule has 0 bridgehead atoms. The summed E-state index contributed by atoms with van der Waals surface area (Å²) in [6.07, 6.45) is 0.971. The van der Waals surface area contributed by atoms with E-state index in [2.05, 4.69) is 10.3 Å². The van der Waals surface area contributed by atoms with Crippen molar-refractivity contribution in [3.63, 3.8) is 0 Å². The zero-order valence-electron chi connectivity index (χ0n) is 12.6. The van der Waals surface area contributed by atoms with Crippen LogP contribution in [0, 0.1) is 10.1 Å². The number of nitrogens with one attached hydrogen (secondary N) is 1. The molecule has 1 aliphatic rings. The van der Waals surface area contributed by atoms with Gasteiger partial charge in [0, 0.05) is 0 Å². The number of anilines is 1. The molecule has 2 amide bonds. The van der Waals surface area contributed by atoms with Crippen LogP contribution in [0.2, 0.25) is 0 Å². The van der Waals surface area contributed by atoms with E-state index in [9.17, 15) is 28.1 Å². The summed E-state index contributed by atoms with van der Waals surface area (Å²) in [7, 11) is -4.14. The maximum absolute atomic E-state index is 12.5. The molecule has 1 aromatic carbocycles. The molecule has 1 atom stereocenters. The molecule has 2 aromatic rings. The molecule has 1 aromatic heterocycles. The highest BCUT2D eigenvalue weighted by atomic mass is 32.2. The minimum atomic E-state index is -4.14. The van der Waals surface area contributed by atoms with Crippen LogP contribution < -0.4 is 5.32 Å². The van der Waals surface area contributed by atoms with Crippen LogP contribution in [0.5, 0.6) is 0 Å². The summed E-state index contributed by atoms with van der Waals surface area (Å²) < 4.78 is 25.5. The summed E-state index contributed by atoms with van der Waals surface area (Å²) in [5, 5.41) is 12.6. The standard InChI is InChI=1S/C13H10N4O6S2/c1-7(11(18)15-13-14-6-10(24-13)17(20)21)16-12(19)8-4-2-3-5-9(8)25(16,22)23/h2-7H,1H3,(H,14,15,18)/t7-/m0/s1. The minimum absolute atomic E-state index is 0.00737. The van der Waals surface area contributed by atoms with E-state index in [1.165, 1.54) is 31.2 Å². The van der Waals surface area contributed by atoms with Gasteiger partial charge in [-0.25, -0.2) is 17.7 Å². The second kappa shape index (κ2) is 5.89. The third-order valence-corrected chi connectivity index (χ3v) is 6.27. The third-order valence-electron chi connectivity index (χ3n) is 3.49. The van der Waals surface area contributed by atoms with Gasteiger partial charge in [0.2, 0.25) is 5.91 Å². The fourth-order valence-electron chi connectivity index (χ4n) is 2.31. The number of amides is 2. The number of carbonyl (C=O) groups is 2. The first-order valence-corrected chi connectivity index (χ1v) is 9.08. The zero-order valence-corrected chi connectivity index (χ0v) is 14.2. The fourth-order valence-corrected chi connectivity index (χ4v) is 4.67. The molecule has 0 saturated heterocycles. The quantitative estimate of drug-likeness (QED) is 0.619. The lowest BCUT2D eigenvalue weighted by molar-refractivity contribution is -0.380. The SMILES string of the molecule is C[C@@H](C(=O)Nc1ncc([N+](=O)[O-])s1)N1C(=O)c2ccccc2S1(=O)=O. The van der Waals surface area contributed by atoms with Crippen molar-refractivity contribution < 1.29 is 22.9 Å². The number of thiazole rings is 1. The summed E-state index contributed by atoms with van der Waals surface area (Å²) in [4.78, 5) is 38.1. The molecule has 0 fully saturated rings. The monoisotopic (exact) mass is 382 g/mol. The highest BCUT2D eigenvalue weighted by molar-refractivity contribution is 7.90. The van der Waals surface area contributed by atoms with Gasteiger partial charge < -0.3 is 0 Å². The van der Waals surface area contributed by atoms with Gasteiger partial charge in [-0.1, -0.05) is 12.1 Å². The van der Waals surface area contributed by atoms with E-state index in [1.807, 2.05) is 0 Å². The molecule has 0 spiro atoms. The van der Waals surface area contributed by atoms with E-state index >= 15 is 0 Å². The lowest BCUT2D eigenvalue weighted by atomic mass is 10.2. The van der Waals surface area contributed by atoms with Crippen LogP contribution in [0.4, 0.5) is 10.1 Å². The Bertz CT molecular complexity index is 999. The smallest absolute Gasteiger partial charge is 0.300 e. The second-order valence-electron chi connectivity index (χ2n) is 5.03. The maximum atomic E-state index is 12.5. The van der Waals surface area contributed by atoms with Crippen LogP contribution in [0.1, 0.15) is 17.3 Å². The Kier molecular flexibility index (Phi) is 4.00. The van der Waals surface area contributed by atoms with Gasteiger partial charge in [0.25, 0.3) is 15.9 Å². The van der Waals surface area contributed by atoms with Crippen molar-refractivity contribution in [2.75, 3.05) is 5.32 Å². The van der Waals surface area contributed by atoms with Gasteiger partial charge in [-0.2, -0.15) is 0 Å². The van der Waals surface area contributed by atoms with E-state index in [1.54, 1.807) is 0 Å². The molecule has 12 heteroatoms. The first-order valence-electron chi connectivity index (χ1n) is 6.82. The van der Waals surface area contributed by atoms with E-state index in [0.717, 1.165) is 6.20 Å². The number of benzene rings is 1. The Balaban J connectivity index is 1.85. The summed E-state index contributed by atoms with van der Waals surface area (Å²) >= 11 is 0.622. The molecule has 2 heterocycles.